The van der Waals surface area contributed by atoms with Crippen molar-refractivity contribution in [2.24, 2.45) is 0 Å². The van der Waals surface area contributed by atoms with Crippen molar-refractivity contribution in [2.45, 2.75) is 38.3 Å². The summed E-state index contributed by atoms with van der Waals surface area (Å²) in [4.78, 5) is 6.59. The molecule has 8 nitrogen and oxygen atoms in total. The SMILES string of the molecule is COc1nc2c(C)nnc(N[C@H](C)c3cccc(C(F)(F)CO)c3)c2cc1N1CC(C)(O)C1. The number of pyridine rings is 1. The van der Waals surface area contributed by atoms with E-state index in [1.807, 2.05) is 17.9 Å². The number of fused-ring (bicyclic) bond motifs is 1. The number of methoxy groups -OCH3 is 1. The zero-order chi connectivity index (χ0) is 24.0. The highest BCUT2D eigenvalue weighted by molar-refractivity contribution is 5.94. The standard InChI is InChI=1S/C23H27F2N5O3/c1-13(15-6-5-7-16(8-15)23(24,25)12-31)26-20-17-9-18(30-10-22(3,32)11-30)21(33-4)27-19(17)14(2)28-29-20/h5-9,13,31-32H,10-12H2,1-4H3,(H,26,29)/t13-/m1/s1. The van der Waals surface area contributed by atoms with E-state index in [0.717, 1.165) is 5.69 Å². The maximum atomic E-state index is 14.0. The van der Waals surface area contributed by atoms with Crippen LogP contribution in [0.2, 0.25) is 0 Å². The topological polar surface area (TPSA) is 104 Å². The van der Waals surface area contributed by atoms with Gasteiger partial charge in [-0.25, -0.2) is 4.98 Å². The third-order valence-corrected chi connectivity index (χ3v) is 5.82. The van der Waals surface area contributed by atoms with E-state index in [9.17, 15) is 13.9 Å². The van der Waals surface area contributed by atoms with Crippen LogP contribution in [0.5, 0.6) is 5.88 Å². The Kier molecular flexibility index (Phi) is 5.83. The summed E-state index contributed by atoms with van der Waals surface area (Å²) in [5, 5.41) is 31.6. The van der Waals surface area contributed by atoms with Crippen molar-refractivity contribution < 1.29 is 23.7 Å². The highest BCUT2D eigenvalue weighted by atomic mass is 19.3. The summed E-state index contributed by atoms with van der Waals surface area (Å²) >= 11 is 0. The van der Waals surface area contributed by atoms with Gasteiger partial charge >= 0.3 is 0 Å². The molecule has 10 heteroatoms. The number of alkyl halides is 2. The van der Waals surface area contributed by atoms with Gasteiger partial charge in [-0.2, -0.15) is 13.9 Å². The van der Waals surface area contributed by atoms with Gasteiger partial charge in [0, 0.05) is 24.0 Å². The predicted molar refractivity (Wildman–Crippen MR) is 121 cm³/mol. The number of hydrogen-bond donors (Lipinski definition) is 3. The van der Waals surface area contributed by atoms with E-state index in [1.165, 1.54) is 25.3 Å². The van der Waals surface area contributed by atoms with Crippen LogP contribution in [0.25, 0.3) is 10.9 Å². The third kappa shape index (κ3) is 4.40. The molecule has 3 heterocycles. The fourth-order valence-electron chi connectivity index (χ4n) is 4.01. The first kappa shape index (κ1) is 23.1. The molecular formula is C23H27F2N5O3. The minimum Gasteiger partial charge on any atom is -0.480 e. The molecule has 1 aliphatic heterocycles. The Hall–Kier alpha value is -3.11. The number of nitrogens with zero attached hydrogens (tertiary/aromatic N) is 4. The van der Waals surface area contributed by atoms with Crippen LogP contribution in [0.4, 0.5) is 20.3 Å². The summed E-state index contributed by atoms with van der Waals surface area (Å²) in [6.07, 6.45) is 0. The molecule has 33 heavy (non-hydrogen) atoms. The molecule has 0 saturated carbocycles. The molecule has 0 bridgehead atoms. The van der Waals surface area contributed by atoms with Gasteiger partial charge in [0.05, 0.1) is 24.4 Å². The molecule has 3 N–H and O–H groups in total. The van der Waals surface area contributed by atoms with Gasteiger partial charge in [0.25, 0.3) is 5.92 Å². The summed E-state index contributed by atoms with van der Waals surface area (Å²) in [6.45, 7) is 5.02. The largest absolute Gasteiger partial charge is 0.480 e. The van der Waals surface area contributed by atoms with E-state index in [2.05, 4.69) is 20.5 Å². The molecule has 1 aromatic carbocycles. The number of β-amino-alcohol motifs (C(OH)–C–C–N with tert-alkyl or cyclic N) is 1. The molecular weight excluding hydrogens is 432 g/mol. The normalized spacial score (nSPS) is 16.4. The number of aliphatic hydroxyl groups excluding tert-OH is 1. The minimum absolute atomic E-state index is 0.255. The van der Waals surface area contributed by atoms with Crippen molar-refractivity contribution in [3.05, 3.63) is 47.2 Å². The van der Waals surface area contributed by atoms with E-state index in [0.29, 0.717) is 46.9 Å². The van der Waals surface area contributed by atoms with Gasteiger partial charge in [-0.1, -0.05) is 18.2 Å². The number of halogens is 2. The molecule has 0 amide bonds. The van der Waals surface area contributed by atoms with Gasteiger partial charge in [-0.05, 0) is 38.5 Å². The second kappa shape index (κ2) is 8.35. The number of aromatic nitrogens is 3. The Morgan fingerprint density at radius 3 is 2.64 bits per heavy atom. The highest BCUT2D eigenvalue weighted by Gasteiger charge is 2.38. The molecule has 1 atom stereocenters. The van der Waals surface area contributed by atoms with E-state index in [1.54, 1.807) is 19.9 Å². The van der Waals surface area contributed by atoms with Crippen LogP contribution < -0.4 is 15.0 Å². The van der Waals surface area contributed by atoms with Crippen molar-refractivity contribution in [2.75, 3.05) is 37.0 Å². The second-order valence-corrected chi connectivity index (χ2v) is 8.75. The van der Waals surface area contributed by atoms with Gasteiger partial charge in [0.2, 0.25) is 5.88 Å². The van der Waals surface area contributed by atoms with Crippen LogP contribution in [0, 0.1) is 6.92 Å². The quantitative estimate of drug-likeness (QED) is 0.495. The Morgan fingerprint density at radius 1 is 1.27 bits per heavy atom. The van der Waals surface area contributed by atoms with Gasteiger partial charge in [-0.3, -0.25) is 0 Å². The Labute approximate surface area is 190 Å². The molecule has 3 aromatic rings. The van der Waals surface area contributed by atoms with Crippen LogP contribution in [0.1, 0.15) is 36.7 Å². The molecule has 4 rings (SSSR count). The van der Waals surface area contributed by atoms with Crippen molar-refractivity contribution in [1.82, 2.24) is 15.2 Å². The van der Waals surface area contributed by atoms with E-state index >= 15 is 0 Å². The minimum atomic E-state index is -3.32. The lowest BCUT2D eigenvalue weighted by molar-refractivity contribution is -0.0556. The molecule has 1 fully saturated rings. The summed E-state index contributed by atoms with van der Waals surface area (Å²) < 4.78 is 33.4. The molecule has 1 aliphatic rings. The van der Waals surface area contributed by atoms with E-state index in [4.69, 9.17) is 9.84 Å². The smallest absolute Gasteiger partial charge is 0.295 e. The first-order valence-corrected chi connectivity index (χ1v) is 10.6. The van der Waals surface area contributed by atoms with Crippen LogP contribution in [-0.4, -0.2) is 57.8 Å². The van der Waals surface area contributed by atoms with Gasteiger partial charge in [-0.15, -0.1) is 5.10 Å². The Bertz CT molecular complexity index is 1180. The van der Waals surface area contributed by atoms with E-state index in [-0.39, 0.29) is 11.6 Å². The summed E-state index contributed by atoms with van der Waals surface area (Å²) in [7, 11) is 1.54. The van der Waals surface area contributed by atoms with Crippen molar-refractivity contribution >= 4 is 22.4 Å². The molecule has 0 radical (unpaired) electrons. The third-order valence-electron chi connectivity index (χ3n) is 5.82. The lowest BCUT2D eigenvalue weighted by Crippen LogP contribution is -2.60. The second-order valence-electron chi connectivity index (χ2n) is 8.75. The lowest BCUT2D eigenvalue weighted by Gasteiger charge is -2.45. The summed E-state index contributed by atoms with van der Waals surface area (Å²) in [5.41, 5.74) is 1.53. The van der Waals surface area contributed by atoms with Crippen molar-refractivity contribution in [3.63, 3.8) is 0 Å². The number of aryl methyl sites for hydroxylation is 1. The fraction of sp³-hybridized carbons (Fsp3) is 0.435. The van der Waals surface area contributed by atoms with Gasteiger partial charge in [0.15, 0.2) is 5.82 Å². The molecule has 0 spiro atoms. The number of aliphatic hydroxyl groups is 2. The lowest BCUT2D eigenvalue weighted by atomic mass is 9.96. The number of nitrogens with one attached hydrogen (secondary N) is 1. The van der Waals surface area contributed by atoms with Crippen LogP contribution >= 0.6 is 0 Å². The number of hydrogen-bond acceptors (Lipinski definition) is 8. The first-order valence-electron chi connectivity index (χ1n) is 10.6. The molecule has 0 unspecified atom stereocenters. The predicted octanol–water partition coefficient (Wildman–Crippen LogP) is 3.17. The zero-order valence-electron chi connectivity index (χ0n) is 18.9. The maximum Gasteiger partial charge on any atom is 0.295 e. The van der Waals surface area contributed by atoms with E-state index < -0.39 is 18.1 Å². The maximum absolute atomic E-state index is 14.0. The molecule has 1 saturated heterocycles. The average molecular weight is 459 g/mol. The Morgan fingerprint density at radius 2 is 2.00 bits per heavy atom. The van der Waals surface area contributed by atoms with Crippen molar-refractivity contribution in [3.8, 4) is 5.88 Å². The summed E-state index contributed by atoms with van der Waals surface area (Å²) in [6, 6.07) is 7.43. The number of rotatable bonds is 7. The highest BCUT2D eigenvalue weighted by Crippen LogP contribution is 2.38. The fourth-order valence-corrected chi connectivity index (χ4v) is 4.01. The molecule has 0 aliphatic carbocycles. The van der Waals surface area contributed by atoms with Gasteiger partial charge in [0.1, 0.15) is 17.8 Å². The number of benzene rings is 1. The number of anilines is 2. The number of ether oxygens (including phenoxy) is 1. The Balaban J connectivity index is 1.71. The van der Waals surface area contributed by atoms with Crippen LogP contribution in [0.3, 0.4) is 0 Å². The summed E-state index contributed by atoms with van der Waals surface area (Å²) in [5.74, 6) is -2.45. The van der Waals surface area contributed by atoms with Crippen molar-refractivity contribution in [1.29, 1.82) is 0 Å². The molecule has 2 aromatic heterocycles. The molecule has 176 valence electrons. The zero-order valence-corrected chi connectivity index (χ0v) is 18.9. The van der Waals surface area contributed by atoms with Crippen LogP contribution in [-0.2, 0) is 5.92 Å². The van der Waals surface area contributed by atoms with Crippen LogP contribution in [0.15, 0.2) is 30.3 Å². The monoisotopic (exact) mass is 459 g/mol. The average Bonchev–Trinajstić information content (AvgIpc) is 2.78. The first-order chi connectivity index (χ1) is 15.5. The van der Waals surface area contributed by atoms with Gasteiger partial charge < -0.3 is 25.2 Å².